The number of halogens is 2. The molecule has 2 N–H and O–H groups in total. The predicted molar refractivity (Wildman–Crippen MR) is 85.7 cm³/mol. The highest BCUT2D eigenvalue weighted by Crippen LogP contribution is 2.40. The van der Waals surface area contributed by atoms with Crippen LogP contribution in [0.5, 0.6) is 0 Å². The topological polar surface area (TPSA) is 99.9 Å². The molecule has 0 saturated carbocycles. The Labute approximate surface area is 140 Å². The van der Waals surface area contributed by atoms with Crippen LogP contribution in [0.15, 0.2) is 22.2 Å². The molecule has 0 spiro atoms. The molecule has 0 aliphatic heterocycles. The highest BCUT2D eigenvalue weighted by atomic mass is 35.5. The molecule has 1 heterocycles. The summed E-state index contributed by atoms with van der Waals surface area (Å²) in [6.07, 6.45) is 0.614. The van der Waals surface area contributed by atoms with E-state index in [1.54, 1.807) is 0 Å². The average molecular weight is 362 g/mol. The van der Waals surface area contributed by atoms with Gasteiger partial charge >= 0.3 is 0 Å². The first-order valence-corrected chi connectivity index (χ1v) is 7.98. The molecule has 2 aromatic rings. The second-order valence-corrected chi connectivity index (χ2v) is 6.07. The summed E-state index contributed by atoms with van der Waals surface area (Å²) < 4.78 is 1.91. The molecule has 1 aromatic carbocycles. The van der Waals surface area contributed by atoms with E-state index in [9.17, 15) is 10.1 Å². The molecule has 118 valence electrons. The number of non-ortho nitro benzene ring substituents is 1. The third kappa shape index (κ3) is 3.52. The van der Waals surface area contributed by atoms with Gasteiger partial charge in [0.2, 0.25) is 0 Å². The molecule has 10 heteroatoms. The monoisotopic (exact) mass is 361 g/mol. The van der Waals surface area contributed by atoms with Crippen molar-refractivity contribution in [2.45, 2.75) is 29.9 Å². The van der Waals surface area contributed by atoms with Crippen LogP contribution in [-0.4, -0.2) is 26.2 Å². The molecule has 0 unspecified atom stereocenters. The van der Waals surface area contributed by atoms with Crippen LogP contribution in [0.1, 0.15) is 12.7 Å². The van der Waals surface area contributed by atoms with Gasteiger partial charge in [-0.3, -0.25) is 10.1 Å². The van der Waals surface area contributed by atoms with Crippen LogP contribution < -0.4 is 5.73 Å². The second-order valence-electron chi connectivity index (χ2n) is 4.28. The van der Waals surface area contributed by atoms with Crippen LogP contribution >= 0.6 is 35.0 Å². The summed E-state index contributed by atoms with van der Waals surface area (Å²) in [5.41, 5.74) is 5.39. The Morgan fingerprint density at radius 3 is 2.50 bits per heavy atom. The smallest absolute Gasteiger partial charge is 0.272 e. The predicted octanol–water partition coefficient (Wildman–Crippen LogP) is 3.17. The summed E-state index contributed by atoms with van der Waals surface area (Å²) in [4.78, 5) is 10.8. The molecule has 0 aliphatic carbocycles. The van der Waals surface area contributed by atoms with E-state index in [4.69, 9.17) is 28.9 Å². The van der Waals surface area contributed by atoms with Gasteiger partial charge in [0, 0.05) is 25.1 Å². The molecular weight excluding hydrogens is 349 g/mol. The van der Waals surface area contributed by atoms with Crippen molar-refractivity contribution >= 4 is 40.7 Å². The van der Waals surface area contributed by atoms with Gasteiger partial charge in [0.15, 0.2) is 5.16 Å². The van der Waals surface area contributed by atoms with Crippen molar-refractivity contribution in [2.24, 2.45) is 5.73 Å². The van der Waals surface area contributed by atoms with E-state index in [0.29, 0.717) is 29.6 Å². The van der Waals surface area contributed by atoms with Gasteiger partial charge in [-0.15, -0.1) is 10.2 Å². The van der Waals surface area contributed by atoms with Gasteiger partial charge in [-0.05, 0) is 25.2 Å². The summed E-state index contributed by atoms with van der Waals surface area (Å²) in [5.74, 6) is 0.779. The molecule has 0 fully saturated rings. The number of benzene rings is 1. The molecule has 0 radical (unpaired) electrons. The van der Waals surface area contributed by atoms with Crippen LogP contribution in [-0.2, 0) is 13.0 Å². The average Bonchev–Trinajstić information content (AvgIpc) is 2.84. The zero-order valence-corrected chi connectivity index (χ0v) is 14.0. The SMILES string of the molecule is CCn1c(CCN)nnc1Sc1c(Cl)cc([N+](=O)[O-])cc1Cl. The largest absolute Gasteiger partial charge is 0.330 e. The fourth-order valence-corrected chi connectivity index (χ4v) is 3.50. The number of nitro benzene ring substituents is 1. The first kappa shape index (κ1) is 17.0. The fourth-order valence-electron chi connectivity index (χ4n) is 1.87. The van der Waals surface area contributed by atoms with Gasteiger partial charge in [0.05, 0.1) is 19.9 Å². The van der Waals surface area contributed by atoms with Crippen LogP contribution in [0.3, 0.4) is 0 Å². The Hall–Kier alpha value is -1.35. The van der Waals surface area contributed by atoms with Gasteiger partial charge in [0.25, 0.3) is 5.69 Å². The number of hydrogen-bond donors (Lipinski definition) is 1. The minimum Gasteiger partial charge on any atom is -0.330 e. The van der Waals surface area contributed by atoms with Gasteiger partial charge in [-0.25, -0.2) is 0 Å². The van der Waals surface area contributed by atoms with E-state index in [1.165, 1.54) is 23.9 Å². The summed E-state index contributed by atoms with van der Waals surface area (Å²) in [7, 11) is 0. The van der Waals surface area contributed by atoms with Crippen LogP contribution in [0.25, 0.3) is 0 Å². The van der Waals surface area contributed by atoms with Crippen LogP contribution in [0, 0.1) is 10.1 Å². The van der Waals surface area contributed by atoms with Crippen molar-refractivity contribution in [2.75, 3.05) is 6.54 Å². The van der Waals surface area contributed by atoms with Crippen LogP contribution in [0.4, 0.5) is 5.69 Å². The molecule has 7 nitrogen and oxygen atoms in total. The highest BCUT2D eigenvalue weighted by Gasteiger charge is 2.19. The maximum Gasteiger partial charge on any atom is 0.272 e. The Balaban J connectivity index is 2.37. The van der Waals surface area contributed by atoms with E-state index >= 15 is 0 Å². The number of nitro groups is 1. The minimum atomic E-state index is -0.542. The number of nitrogens with two attached hydrogens (primary N) is 1. The van der Waals surface area contributed by atoms with Crippen molar-refractivity contribution in [1.29, 1.82) is 0 Å². The van der Waals surface area contributed by atoms with Crippen molar-refractivity contribution in [3.8, 4) is 0 Å². The molecule has 0 amide bonds. The van der Waals surface area contributed by atoms with Gasteiger partial charge in [-0.2, -0.15) is 0 Å². The number of rotatable bonds is 6. The Bertz CT molecular complexity index is 684. The van der Waals surface area contributed by atoms with E-state index in [2.05, 4.69) is 10.2 Å². The van der Waals surface area contributed by atoms with E-state index in [-0.39, 0.29) is 15.7 Å². The summed E-state index contributed by atoms with van der Waals surface area (Å²) in [6, 6.07) is 2.53. The first-order valence-electron chi connectivity index (χ1n) is 6.41. The lowest BCUT2D eigenvalue weighted by molar-refractivity contribution is -0.384. The van der Waals surface area contributed by atoms with Crippen molar-refractivity contribution < 1.29 is 4.92 Å². The third-order valence-corrected chi connectivity index (χ3v) is 4.81. The minimum absolute atomic E-state index is 0.153. The lowest BCUT2D eigenvalue weighted by Crippen LogP contribution is -2.09. The molecule has 1 aromatic heterocycles. The zero-order chi connectivity index (χ0) is 16.3. The van der Waals surface area contributed by atoms with E-state index < -0.39 is 4.92 Å². The lowest BCUT2D eigenvalue weighted by Gasteiger charge is -2.08. The first-order chi connectivity index (χ1) is 10.5. The molecule has 0 atom stereocenters. The van der Waals surface area contributed by atoms with E-state index in [1.807, 2.05) is 11.5 Å². The zero-order valence-electron chi connectivity index (χ0n) is 11.6. The molecule has 2 rings (SSSR count). The molecular formula is C12H13Cl2N5O2S. The molecule has 22 heavy (non-hydrogen) atoms. The highest BCUT2D eigenvalue weighted by molar-refractivity contribution is 7.99. The maximum atomic E-state index is 10.8. The quantitative estimate of drug-likeness (QED) is 0.626. The Kier molecular flexibility index (Phi) is 5.63. The summed E-state index contributed by atoms with van der Waals surface area (Å²) in [6.45, 7) is 3.11. The normalized spacial score (nSPS) is 10.9. The molecule has 0 aliphatic rings. The van der Waals surface area contributed by atoms with Gasteiger partial charge in [-0.1, -0.05) is 23.2 Å². The number of nitrogens with zero attached hydrogens (tertiary/aromatic N) is 4. The van der Waals surface area contributed by atoms with Crippen LogP contribution in [0.2, 0.25) is 10.0 Å². The standard InChI is InChI=1S/C12H13Cl2N5O2S/c1-2-18-10(3-4-15)16-17-12(18)22-11-8(13)5-7(19(20)21)6-9(11)14/h5-6H,2-4,15H2,1H3. The summed E-state index contributed by atoms with van der Waals surface area (Å²) in [5, 5.41) is 20.0. The second kappa shape index (κ2) is 7.28. The fraction of sp³-hybridized carbons (Fsp3) is 0.333. The van der Waals surface area contributed by atoms with Crippen molar-refractivity contribution in [3.63, 3.8) is 0 Å². The third-order valence-electron chi connectivity index (χ3n) is 2.86. The number of hydrogen-bond acceptors (Lipinski definition) is 6. The van der Waals surface area contributed by atoms with Crippen molar-refractivity contribution in [3.05, 3.63) is 38.1 Å². The molecule has 0 saturated heterocycles. The maximum absolute atomic E-state index is 10.8. The lowest BCUT2D eigenvalue weighted by atomic mass is 10.3. The Morgan fingerprint density at radius 1 is 1.36 bits per heavy atom. The Morgan fingerprint density at radius 2 is 2.00 bits per heavy atom. The van der Waals surface area contributed by atoms with Crippen molar-refractivity contribution in [1.82, 2.24) is 14.8 Å². The summed E-state index contributed by atoms with van der Waals surface area (Å²) >= 11 is 13.4. The number of aromatic nitrogens is 3. The van der Waals surface area contributed by atoms with E-state index in [0.717, 1.165) is 5.82 Å². The van der Waals surface area contributed by atoms with Gasteiger partial charge < -0.3 is 10.3 Å². The molecule has 0 bridgehead atoms. The van der Waals surface area contributed by atoms with Gasteiger partial charge in [0.1, 0.15) is 5.82 Å².